The second kappa shape index (κ2) is 6.36. The van der Waals surface area contributed by atoms with Crippen molar-refractivity contribution >= 4 is 23.3 Å². The molecule has 0 fully saturated rings. The SMILES string of the molecule is CC(C)(O)C(=O)Nc1ccc(NC(=O)c2ccccc2)nc1. The molecule has 6 nitrogen and oxygen atoms in total. The number of benzene rings is 1. The topological polar surface area (TPSA) is 91.3 Å². The number of aromatic nitrogens is 1. The minimum atomic E-state index is -1.47. The maximum Gasteiger partial charge on any atom is 0.256 e. The lowest BCUT2D eigenvalue weighted by atomic mass is 10.1. The highest BCUT2D eigenvalue weighted by Crippen LogP contribution is 2.13. The summed E-state index contributed by atoms with van der Waals surface area (Å²) in [7, 11) is 0. The van der Waals surface area contributed by atoms with E-state index in [0.29, 0.717) is 17.1 Å². The van der Waals surface area contributed by atoms with E-state index in [4.69, 9.17) is 0 Å². The van der Waals surface area contributed by atoms with Gasteiger partial charge in [-0.05, 0) is 38.1 Å². The van der Waals surface area contributed by atoms with E-state index in [-0.39, 0.29) is 5.91 Å². The average molecular weight is 299 g/mol. The van der Waals surface area contributed by atoms with Crippen LogP contribution in [0.25, 0.3) is 0 Å². The molecule has 2 aromatic rings. The van der Waals surface area contributed by atoms with Crippen LogP contribution in [0.4, 0.5) is 11.5 Å². The average Bonchev–Trinajstić information content (AvgIpc) is 2.49. The Hall–Kier alpha value is -2.73. The zero-order valence-corrected chi connectivity index (χ0v) is 12.3. The molecule has 0 aliphatic carbocycles. The molecule has 0 spiro atoms. The smallest absolute Gasteiger partial charge is 0.256 e. The minimum Gasteiger partial charge on any atom is -0.381 e. The minimum absolute atomic E-state index is 0.263. The van der Waals surface area contributed by atoms with Crippen molar-refractivity contribution in [3.05, 3.63) is 54.2 Å². The summed E-state index contributed by atoms with van der Waals surface area (Å²) in [4.78, 5) is 27.6. The van der Waals surface area contributed by atoms with E-state index in [1.807, 2.05) is 6.07 Å². The molecule has 114 valence electrons. The van der Waals surface area contributed by atoms with Crippen LogP contribution >= 0.6 is 0 Å². The van der Waals surface area contributed by atoms with Crippen molar-refractivity contribution in [2.45, 2.75) is 19.4 Å². The van der Waals surface area contributed by atoms with Crippen LogP contribution in [0.1, 0.15) is 24.2 Å². The maximum absolute atomic E-state index is 12.0. The summed E-state index contributed by atoms with van der Waals surface area (Å²) in [6.45, 7) is 2.79. The van der Waals surface area contributed by atoms with Gasteiger partial charge in [-0.15, -0.1) is 0 Å². The standard InChI is InChI=1S/C16H17N3O3/c1-16(2,22)15(21)18-12-8-9-13(17-10-12)19-14(20)11-6-4-3-5-7-11/h3-10,22H,1-2H3,(H,18,21)(H,17,19,20). The summed E-state index contributed by atoms with van der Waals surface area (Å²) in [5, 5.41) is 14.7. The molecular weight excluding hydrogens is 282 g/mol. The number of rotatable bonds is 4. The molecule has 0 bridgehead atoms. The zero-order chi connectivity index (χ0) is 16.2. The fourth-order valence-corrected chi connectivity index (χ4v) is 1.60. The van der Waals surface area contributed by atoms with Crippen molar-refractivity contribution in [2.75, 3.05) is 10.6 Å². The number of aliphatic hydroxyl groups is 1. The summed E-state index contributed by atoms with van der Waals surface area (Å²) in [5.74, 6) is -0.424. The first-order chi connectivity index (χ1) is 10.4. The maximum atomic E-state index is 12.0. The predicted molar refractivity (Wildman–Crippen MR) is 83.6 cm³/mol. The van der Waals surface area contributed by atoms with Crippen molar-refractivity contribution in [3.63, 3.8) is 0 Å². The highest BCUT2D eigenvalue weighted by Gasteiger charge is 2.23. The molecule has 0 unspecified atom stereocenters. The molecule has 0 saturated heterocycles. The largest absolute Gasteiger partial charge is 0.381 e. The Bertz CT molecular complexity index is 661. The van der Waals surface area contributed by atoms with Crippen LogP contribution < -0.4 is 10.6 Å². The molecule has 2 amide bonds. The summed E-state index contributed by atoms with van der Waals surface area (Å²) in [5.41, 5.74) is -0.506. The fourth-order valence-electron chi connectivity index (χ4n) is 1.60. The molecule has 0 radical (unpaired) electrons. The Morgan fingerprint density at radius 2 is 1.73 bits per heavy atom. The van der Waals surface area contributed by atoms with Gasteiger partial charge in [0, 0.05) is 5.56 Å². The van der Waals surface area contributed by atoms with E-state index in [0.717, 1.165) is 0 Å². The lowest BCUT2D eigenvalue weighted by Crippen LogP contribution is -2.36. The van der Waals surface area contributed by atoms with Crippen LogP contribution in [-0.2, 0) is 4.79 Å². The van der Waals surface area contributed by atoms with Crippen LogP contribution in [0.3, 0.4) is 0 Å². The third-order valence-corrected chi connectivity index (χ3v) is 2.85. The van der Waals surface area contributed by atoms with Gasteiger partial charge in [-0.1, -0.05) is 18.2 Å². The summed E-state index contributed by atoms with van der Waals surface area (Å²) in [6.07, 6.45) is 1.41. The summed E-state index contributed by atoms with van der Waals surface area (Å²) < 4.78 is 0. The summed E-state index contributed by atoms with van der Waals surface area (Å²) in [6, 6.07) is 11.9. The first-order valence-electron chi connectivity index (χ1n) is 6.72. The third kappa shape index (κ3) is 4.13. The van der Waals surface area contributed by atoms with Crippen LogP contribution in [0.5, 0.6) is 0 Å². The lowest BCUT2D eigenvalue weighted by molar-refractivity contribution is -0.130. The number of amides is 2. The quantitative estimate of drug-likeness (QED) is 0.805. The van der Waals surface area contributed by atoms with Crippen molar-refractivity contribution in [1.82, 2.24) is 4.98 Å². The number of carbonyl (C=O) groups excluding carboxylic acids is 2. The third-order valence-electron chi connectivity index (χ3n) is 2.85. The van der Waals surface area contributed by atoms with Gasteiger partial charge in [-0.25, -0.2) is 4.98 Å². The van der Waals surface area contributed by atoms with Crippen molar-refractivity contribution < 1.29 is 14.7 Å². The number of hydrogen-bond donors (Lipinski definition) is 3. The van der Waals surface area contributed by atoms with E-state index < -0.39 is 11.5 Å². The van der Waals surface area contributed by atoms with Crippen LogP contribution in [0, 0.1) is 0 Å². The van der Waals surface area contributed by atoms with Gasteiger partial charge in [-0.3, -0.25) is 9.59 Å². The van der Waals surface area contributed by atoms with E-state index in [2.05, 4.69) is 15.6 Å². The molecule has 1 heterocycles. The molecule has 3 N–H and O–H groups in total. The molecule has 6 heteroatoms. The van der Waals surface area contributed by atoms with Crippen molar-refractivity contribution in [2.24, 2.45) is 0 Å². The Morgan fingerprint density at radius 3 is 2.27 bits per heavy atom. The van der Waals surface area contributed by atoms with E-state index in [9.17, 15) is 14.7 Å². The molecule has 0 aliphatic rings. The van der Waals surface area contributed by atoms with E-state index in [1.165, 1.54) is 20.0 Å². The van der Waals surface area contributed by atoms with E-state index >= 15 is 0 Å². The second-order valence-electron chi connectivity index (χ2n) is 5.27. The van der Waals surface area contributed by atoms with Gasteiger partial charge in [0.15, 0.2) is 0 Å². The van der Waals surface area contributed by atoms with E-state index in [1.54, 1.807) is 36.4 Å². The Morgan fingerprint density at radius 1 is 1.05 bits per heavy atom. The van der Waals surface area contributed by atoms with Crippen LogP contribution in [0.15, 0.2) is 48.7 Å². The first-order valence-corrected chi connectivity index (χ1v) is 6.72. The van der Waals surface area contributed by atoms with Gasteiger partial charge < -0.3 is 15.7 Å². The zero-order valence-electron chi connectivity index (χ0n) is 12.3. The number of anilines is 2. The normalized spacial score (nSPS) is 10.9. The van der Waals surface area contributed by atoms with Gasteiger partial charge >= 0.3 is 0 Å². The molecule has 0 atom stereocenters. The molecule has 22 heavy (non-hydrogen) atoms. The van der Waals surface area contributed by atoms with Gasteiger partial charge in [-0.2, -0.15) is 0 Å². The molecule has 0 aliphatic heterocycles. The molecule has 0 saturated carbocycles. The van der Waals surface area contributed by atoms with Crippen molar-refractivity contribution in [1.29, 1.82) is 0 Å². The fraction of sp³-hybridized carbons (Fsp3) is 0.188. The predicted octanol–water partition coefficient (Wildman–Crippen LogP) is 2.04. The van der Waals surface area contributed by atoms with Gasteiger partial charge in [0.25, 0.3) is 11.8 Å². The van der Waals surface area contributed by atoms with Gasteiger partial charge in [0.1, 0.15) is 11.4 Å². The number of carbonyl (C=O) groups is 2. The van der Waals surface area contributed by atoms with Crippen LogP contribution in [-0.4, -0.2) is 27.5 Å². The van der Waals surface area contributed by atoms with Gasteiger partial charge in [0.05, 0.1) is 11.9 Å². The monoisotopic (exact) mass is 299 g/mol. The Labute approximate surface area is 128 Å². The Balaban J connectivity index is 2.01. The Kier molecular flexibility index (Phi) is 4.53. The number of nitrogens with zero attached hydrogens (tertiary/aromatic N) is 1. The number of nitrogens with one attached hydrogen (secondary N) is 2. The molecule has 1 aromatic heterocycles. The van der Waals surface area contributed by atoms with Gasteiger partial charge in [0.2, 0.25) is 0 Å². The van der Waals surface area contributed by atoms with Crippen LogP contribution in [0.2, 0.25) is 0 Å². The molecular formula is C16H17N3O3. The highest BCUT2D eigenvalue weighted by atomic mass is 16.3. The molecule has 1 aromatic carbocycles. The summed E-state index contributed by atoms with van der Waals surface area (Å²) >= 11 is 0. The first kappa shape index (κ1) is 15.7. The number of hydrogen-bond acceptors (Lipinski definition) is 4. The molecule has 2 rings (SSSR count). The number of pyridine rings is 1. The van der Waals surface area contributed by atoms with Crippen molar-refractivity contribution in [3.8, 4) is 0 Å². The second-order valence-corrected chi connectivity index (χ2v) is 5.27. The lowest BCUT2D eigenvalue weighted by Gasteiger charge is -2.16. The highest BCUT2D eigenvalue weighted by molar-refractivity contribution is 6.03.